The molecule has 2 atom stereocenters. The largest absolute Gasteiger partial charge is 0.377 e. The summed E-state index contributed by atoms with van der Waals surface area (Å²) in [4.78, 5) is 2.54. The molecule has 1 N–H and O–H groups in total. The molecule has 1 aromatic rings. The van der Waals surface area contributed by atoms with Crippen molar-refractivity contribution in [1.29, 1.82) is 0 Å². The molecule has 4 heteroatoms. The molecule has 0 radical (unpaired) electrons. The van der Waals surface area contributed by atoms with Crippen LogP contribution in [0, 0.1) is 0 Å². The molecule has 0 spiro atoms. The SMILES string of the molecule is CNC(CCN1CCCC(C)(OC)C1)c1cccc(Br)c1. The summed E-state index contributed by atoms with van der Waals surface area (Å²) in [6, 6.07) is 8.98. The van der Waals surface area contributed by atoms with Crippen LogP contribution in [0.5, 0.6) is 0 Å². The van der Waals surface area contributed by atoms with Gasteiger partial charge < -0.3 is 15.0 Å². The minimum absolute atomic E-state index is 0.0309. The molecule has 1 aliphatic heterocycles. The summed E-state index contributed by atoms with van der Waals surface area (Å²) in [6.07, 6.45) is 3.51. The van der Waals surface area contributed by atoms with E-state index in [-0.39, 0.29) is 5.60 Å². The lowest BCUT2D eigenvalue weighted by atomic mass is 9.94. The van der Waals surface area contributed by atoms with Gasteiger partial charge in [0.2, 0.25) is 0 Å². The van der Waals surface area contributed by atoms with Crippen LogP contribution < -0.4 is 5.32 Å². The van der Waals surface area contributed by atoms with Gasteiger partial charge in [0, 0.05) is 30.7 Å². The van der Waals surface area contributed by atoms with Gasteiger partial charge in [-0.1, -0.05) is 28.1 Å². The zero-order valence-corrected chi connectivity index (χ0v) is 14.9. The maximum Gasteiger partial charge on any atom is 0.0777 e. The van der Waals surface area contributed by atoms with E-state index in [1.54, 1.807) is 0 Å². The van der Waals surface area contributed by atoms with Crippen molar-refractivity contribution < 1.29 is 4.74 Å². The van der Waals surface area contributed by atoms with Gasteiger partial charge >= 0.3 is 0 Å². The Labute approximate surface area is 137 Å². The number of ether oxygens (including phenoxy) is 1. The van der Waals surface area contributed by atoms with Crippen molar-refractivity contribution in [3.63, 3.8) is 0 Å². The smallest absolute Gasteiger partial charge is 0.0777 e. The molecule has 1 aromatic carbocycles. The van der Waals surface area contributed by atoms with Crippen molar-refractivity contribution in [3.8, 4) is 0 Å². The summed E-state index contributed by atoms with van der Waals surface area (Å²) in [5, 5.41) is 3.44. The van der Waals surface area contributed by atoms with Crippen LogP contribution in [0.1, 0.15) is 37.8 Å². The average molecular weight is 355 g/mol. The number of nitrogens with zero attached hydrogens (tertiary/aromatic N) is 1. The lowest BCUT2D eigenvalue weighted by molar-refractivity contribution is -0.0511. The van der Waals surface area contributed by atoms with E-state index in [0.29, 0.717) is 6.04 Å². The number of nitrogens with one attached hydrogen (secondary N) is 1. The van der Waals surface area contributed by atoms with E-state index in [0.717, 1.165) is 24.0 Å². The molecule has 118 valence electrons. The third-order valence-corrected chi connectivity index (χ3v) is 5.06. The second kappa shape index (κ2) is 7.73. The molecule has 0 aliphatic carbocycles. The highest BCUT2D eigenvalue weighted by Crippen LogP contribution is 2.26. The van der Waals surface area contributed by atoms with E-state index in [2.05, 4.69) is 57.3 Å². The van der Waals surface area contributed by atoms with Crippen molar-refractivity contribution in [2.24, 2.45) is 0 Å². The Balaban J connectivity index is 1.91. The molecule has 21 heavy (non-hydrogen) atoms. The topological polar surface area (TPSA) is 24.5 Å². The van der Waals surface area contributed by atoms with E-state index in [9.17, 15) is 0 Å². The highest BCUT2D eigenvalue weighted by atomic mass is 79.9. The van der Waals surface area contributed by atoms with Crippen molar-refractivity contribution in [3.05, 3.63) is 34.3 Å². The van der Waals surface area contributed by atoms with Crippen molar-refractivity contribution >= 4 is 15.9 Å². The Morgan fingerprint density at radius 2 is 2.29 bits per heavy atom. The standard InChI is InChI=1S/C17H27BrN2O/c1-17(21-3)9-5-10-20(13-17)11-8-16(19-2)14-6-4-7-15(18)12-14/h4,6-7,12,16,19H,5,8-11,13H2,1-3H3. The number of likely N-dealkylation sites (tertiary alicyclic amines) is 1. The molecule has 0 aromatic heterocycles. The molecular formula is C17H27BrN2O. The van der Waals surface area contributed by atoms with Crippen LogP contribution in [0.2, 0.25) is 0 Å². The second-order valence-corrected chi connectivity index (χ2v) is 7.13. The fraction of sp³-hybridized carbons (Fsp3) is 0.647. The maximum atomic E-state index is 5.68. The number of hydrogen-bond acceptors (Lipinski definition) is 3. The van der Waals surface area contributed by atoms with Gasteiger partial charge in [-0.15, -0.1) is 0 Å². The van der Waals surface area contributed by atoms with Gasteiger partial charge in [0.15, 0.2) is 0 Å². The Bertz CT molecular complexity index is 454. The molecule has 1 saturated heterocycles. The number of rotatable bonds is 6. The van der Waals surface area contributed by atoms with Crippen LogP contribution in [0.15, 0.2) is 28.7 Å². The first-order valence-corrected chi connectivity index (χ1v) is 8.56. The quantitative estimate of drug-likeness (QED) is 0.844. The van der Waals surface area contributed by atoms with Gasteiger partial charge in [0.1, 0.15) is 0 Å². The summed E-state index contributed by atoms with van der Waals surface area (Å²) in [5.41, 5.74) is 1.38. The zero-order valence-electron chi connectivity index (χ0n) is 13.4. The molecule has 1 heterocycles. The maximum absolute atomic E-state index is 5.68. The van der Waals surface area contributed by atoms with E-state index < -0.39 is 0 Å². The van der Waals surface area contributed by atoms with Crippen LogP contribution in [0.3, 0.4) is 0 Å². The fourth-order valence-corrected chi connectivity index (χ4v) is 3.59. The van der Waals surface area contributed by atoms with Crippen LogP contribution >= 0.6 is 15.9 Å². The number of hydrogen-bond donors (Lipinski definition) is 1. The van der Waals surface area contributed by atoms with Gasteiger partial charge in [-0.2, -0.15) is 0 Å². The summed E-state index contributed by atoms with van der Waals surface area (Å²) >= 11 is 3.56. The number of piperidine rings is 1. The minimum atomic E-state index is 0.0309. The molecule has 1 fully saturated rings. The van der Waals surface area contributed by atoms with Gasteiger partial charge in [-0.25, -0.2) is 0 Å². The Morgan fingerprint density at radius 1 is 1.48 bits per heavy atom. The fourth-order valence-electron chi connectivity index (χ4n) is 3.18. The Kier molecular flexibility index (Phi) is 6.23. The lowest BCUT2D eigenvalue weighted by Crippen LogP contribution is -2.47. The van der Waals surface area contributed by atoms with E-state index >= 15 is 0 Å². The summed E-state index contributed by atoms with van der Waals surface area (Å²) in [5.74, 6) is 0. The van der Waals surface area contributed by atoms with Crippen LogP contribution in [0.25, 0.3) is 0 Å². The van der Waals surface area contributed by atoms with E-state index in [1.807, 2.05) is 14.2 Å². The minimum Gasteiger partial charge on any atom is -0.377 e. The molecule has 0 bridgehead atoms. The highest BCUT2D eigenvalue weighted by Gasteiger charge is 2.30. The molecule has 0 amide bonds. The summed E-state index contributed by atoms with van der Waals surface area (Å²) in [7, 11) is 3.88. The van der Waals surface area contributed by atoms with Crippen LogP contribution in [-0.4, -0.2) is 44.3 Å². The molecule has 3 nitrogen and oxygen atoms in total. The number of benzene rings is 1. The van der Waals surface area contributed by atoms with Crippen molar-refractivity contribution in [2.45, 2.75) is 37.8 Å². The van der Waals surface area contributed by atoms with E-state index in [4.69, 9.17) is 4.74 Å². The Hall–Kier alpha value is -0.420. The normalized spacial score (nSPS) is 25.0. The summed E-state index contributed by atoms with van der Waals surface area (Å²) < 4.78 is 6.82. The number of halogens is 1. The van der Waals surface area contributed by atoms with Crippen LogP contribution in [0.4, 0.5) is 0 Å². The zero-order chi connectivity index (χ0) is 15.3. The third-order valence-electron chi connectivity index (χ3n) is 4.56. The average Bonchev–Trinajstić information content (AvgIpc) is 2.48. The molecule has 0 saturated carbocycles. The molecular weight excluding hydrogens is 328 g/mol. The predicted molar refractivity (Wildman–Crippen MR) is 91.6 cm³/mol. The monoisotopic (exact) mass is 354 g/mol. The van der Waals surface area contributed by atoms with Crippen molar-refractivity contribution in [2.75, 3.05) is 33.8 Å². The summed E-state index contributed by atoms with van der Waals surface area (Å²) in [6.45, 7) is 5.56. The first kappa shape index (κ1) is 16.9. The van der Waals surface area contributed by atoms with Gasteiger partial charge in [-0.05, 0) is 57.5 Å². The third kappa shape index (κ3) is 4.78. The van der Waals surface area contributed by atoms with Crippen LogP contribution in [-0.2, 0) is 4.74 Å². The first-order valence-electron chi connectivity index (χ1n) is 7.76. The second-order valence-electron chi connectivity index (χ2n) is 6.22. The molecule has 2 unspecified atom stereocenters. The van der Waals surface area contributed by atoms with Crippen molar-refractivity contribution in [1.82, 2.24) is 10.2 Å². The molecule has 2 rings (SSSR count). The molecule has 1 aliphatic rings. The highest BCUT2D eigenvalue weighted by molar-refractivity contribution is 9.10. The lowest BCUT2D eigenvalue weighted by Gasteiger charge is -2.40. The first-order chi connectivity index (χ1) is 10.1. The Morgan fingerprint density at radius 3 is 2.95 bits per heavy atom. The van der Waals surface area contributed by atoms with E-state index in [1.165, 1.54) is 24.9 Å². The van der Waals surface area contributed by atoms with Gasteiger partial charge in [0.05, 0.1) is 5.60 Å². The van der Waals surface area contributed by atoms with Gasteiger partial charge in [0.25, 0.3) is 0 Å². The number of methoxy groups -OCH3 is 1. The van der Waals surface area contributed by atoms with Gasteiger partial charge in [-0.3, -0.25) is 0 Å². The predicted octanol–water partition coefficient (Wildman–Crippen LogP) is 3.60.